The van der Waals surface area contributed by atoms with Crippen molar-refractivity contribution in [3.05, 3.63) is 326 Å². The van der Waals surface area contributed by atoms with Gasteiger partial charge in [0.25, 0.3) is 0 Å². The average molecular weight is 1430 g/mol. The van der Waals surface area contributed by atoms with E-state index >= 15 is 0 Å². The van der Waals surface area contributed by atoms with Crippen LogP contribution in [0.2, 0.25) is 39.3 Å². The third-order valence-corrected chi connectivity index (χ3v) is 33.6. The molecule has 0 unspecified atom stereocenters. The first-order chi connectivity index (χ1) is 52.7. The second kappa shape index (κ2) is 25.2. The maximum atomic E-state index is 9.36. The van der Waals surface area contributed by atoms with Crippen molar-refractivity contribution in [2.24, 2.45) is 0 Å². The Morgan fingerprint density at radius 3 is 1.08 bits per heavy atom. The van der Waals surface area contributed by atoms with Gasteiger partial charge in [-0.15, -0.1) is 0 Å². The highest BCUT2D eigenvalue weighted by molar-refractivity contribution is 7.06. The predicted octanol–water partition coefficient (Wildman–Crippen LogP) is 19.6. The third-order valence-electron chi connectivity index (χ3n) is 22.9. The molecule has 3 aliphatic rings. The van der Waals surface area contributed by atoms with Gasteiger partial charge < -0.3 is 13.7 Å². The topological polar surface area (TPSA) is 125 Å². The Labute approximate surface area is 629 Å². The summed E-state index contributed by atoms with van der Waals surface area (Å²) in [6, 6.07) is 112. The minimum Gasteiger partial charge on any atom is -0.309 e. The minimum absolute atomic E-state index is 0.428. The first kappa shape index (κ1) is 65.4. The van der Waals surface area contributed by atoms with Gasteiger partial charge in [0, 0.05) is 78.5 Å². The smallest absolute Gasteiger partial charge is 0.141 e. The van der Waals surface area contributed by atoms with Gasteiger partial charge in [-0.3, -0.25) is 9.97 Å². The number of aromatic nitrogens is 6. The van der Waals surface area contributed by atoms with Crippen molar-refractivity contribution < 1.29 is 0 Å². The molecule has 0 spiro atoms. The number of nitrogens with zero attached hydrogens (tertiary/aromatic N) is 9. The fourth-order valence-electron chi connectivity index (χ4n) is 18.2. The summed E-state index contributed by atoms with van der Waals surface area (Å²) in [4.78, 5) is 13.6. The van der Waals surface area contributed by atoms with Crippen LogP contribution in [0.3, 0.4) is 0 Å². The lowest BCUT2D eigenvalue weighted by Gasteiger charge is -2.20. The maximum Gasteiger partial charge on any atom is 0.141 e. The van der Waals surface area contributed by atoms with E-state index in [1.807, 2.05) is 30.3 Å². The average Bonchev–Trinajstić information content (AvgIpc) is 1.55. The molecule has 0 bridgehead atoms. The quantitative estimate of drug-likeness (QED) is 0.153. The Kier molecular flexibility index (Phi) is 15.2. The lowest BCUT2D eigenvalue weighted by atomic mass is 10.0. The van der Waals surface area contributed by atoms with E-state index in [2.05, 4.69) is 341 Å². The van der Waals surface area contributed by atoms with Crippen LogP contribution >= 0.6 is 0 Å². The van der Waals surface area contributed by atoms with Crippen molar-refractivity contribution in [2.45, 2.75) is 39.3 Å². The molecule has 510 valence electrons. The van der Waals surface area contributed by atoms with Crippen molar-refractivity contribution in [3.8, 4) is 102 Å². The molecule has 18 aromatic rings. The molecular weight excluding hydrogens is 1360 g/mol. The molecule has 0 saturated heterocycles. The largest absolute Gasteiger partial charge is 0.309 e. The van der Waals surface area contributed by atoms with Crippen LogP contribution in [0, 0.1) is 34.0 Å². The van der Waals surface area contributed by atoms with Crippen molar-refractivity contribution in [1.82, 2.24) is 28.7 Å². The molecule has 108 heavy (non-hydrogen) atoms. The van der Waals surface area contributed by atoms with Crippen LogP contribution in [-0.4, -0.2) is 52.9 Å². The van der Waals surface area contributed by atoms with E-state index < -0.39 is 24.2 Å². The SMILES string of the molecule is C[Si]1(C)c2ccccc2-c2ccc3c(c21)c1ccccc1n3-c1cccc(-c2cc(C#N)ccn2)c1.C[Si]1(C)c2ccccc2-c2ccc3c(c21)c1ccccc1n3-c1cccc(-c2ccc(C#N)cn2)c1.C[Si]1(C)c2ccccc2-c2ccc3c(c21)c1ccccc1n3-c1cccc(-c2cccc(C#N)n2)c1. The highest BCUT2D eigenvalue weighted by Gasteiger charge is 2.43. The summed E-state index contributed by atoms with van der Waals surface area (Å²) in [6.07, 6.45) is 3.34. The van der Waals surface area contributed by atoms with Gasteiger partial charge in [0.15, 0.2) is 0 Å². The standard InChI is InChI=1S/3C32H23N3Si/c1-36(2)30-16-6-4-12-24(30)25-17-18-29-31(32(25)36)26-13-3-5-15-28(26)35(29)23-11-7-9-21(19-23)27-14-8-10-22(20-33)34-27;1-36(2)30-13-6-4-10-24(30)25-15-17-29-31(32(25)36)26-11-3-5-12-28(26)35(29)23-9-7-8-22(18-23)27-16-14-21(19-33)20-34-27;1-36(2)30-13-6-4-10-24(30)25-14-15-29-31(32(25)36)26-11-3-5-12-28(26)35(29)23-9-7-8-22(19-23)27-18-21(20-33)16-17-34-27/h3-19H,1-2H3;3-18,20H,1-2H3;3-19H,1-2H3. The van der Waals surface area contributed by atoms with E-state index in [4.69, 9.17) is 5.26 Å². The van der Waals surface area contributed by atoms with Gasteiger partial charge in [-0.05, 0) is 174 Å². The molecule has 3 aliphatic heterocycles. The van der Waals surface area contributed by atoms with Crippen LogP contribution in [0.1, 0.15) is 16.8 Å². The van der Waals surface area contributed by atoms with Crippen molar-refractivity contribution >= 4 is 121 Å². The molecule has 0 saturated carbocycles. The first-order valence-corrected chi connectivity index (χ1v) is 45.6. The molecule has 12 aromatic carbocycles. The predicted molar refractivity (Wildman–Crippen MR) is 453 cm³/mol. The van der Waals surface area contributed by atoms with Crippen molar-refractivity contribution in [2.75, 3.05) is 0 Å². The second-order valence-corrected chi connectivity index (χ2v) is 42.8. The van der Waals surface area contributed by atoms with E-state index in [9.17, 15) is 10.5 Å². The molecule has 0 amide bonds. The Morgan fingerprint density at radius 2 is 0.676 bits per heavy atom. The van der Waals surface area contributed by atoms with Gasteiger partial charge in [-0.2, -0.15) is 15.8 Å². The van der Waals surface area contributed by atoms with E-state index in [0.29, 0.717) is 16.8 Å². The molecular formula is C96H69N9Si3. The first-order valence-electron chi connectivity index (χ1n) is 36.6. The number of hydrogen-bond donors (Lipinski definition) is 0. The van der Waals surface area contributed by atoms with Crippen LogP contribution in [0.25, 0.3) is 150 Å². The van der Waals surface area contributed by atoms with Gasteiger partial charge in [0.2, 0.25) is 0 Å². The molecule has 9 heterocycles. The molecule has 0 atom stereocenters. The number of fused-ring (bicyclic) bond motifs is 21. The minimum atomic E-state index is -1.88. The zero-order chi connectivity index (χ0) is 73.3. The fraction of sp³-hybridized carbons (Fsp3) is 0.0625. The van der Waals surface area contributed by atoms with Gasteiger partial charge in [-0.1, -0.05) is 227 Å². The van der Waals surface area contributed by atoms with E-state index in [-0.39, 0.29) is 0 Å². The molecule has 0 N–H and O–H groups in total. The third kappa shape index (κ3) is 10.1. The number of hydrogen-bond acceptors (Lipinski definition) is 6. The number of nitriles is 3. The normalized spacial score (nSPS) is 13.5. The Balaban J connectivity index is 0.000000110. The summed E-state index contributed by atoms with van der Waals surface area (Å²) in [5.74, 6) is 0. The van der Waals surface area contributed by atoms with E-state index in [1.165, 1.54) is 125 Å². The fourth-order valence-corrected chi connectivity index (χ4v) is 28.5. The second-order valence-electron chi connectivity index (χ2n) is 30.0. The van der Waals surface area contributed by atoms with Crippen LogP contribution < -0.4 is 31.1 Å². The number of para-hydroxylation sites is 3. The molecule has 6 aromatic heterocycles. The van der Waals surface area contributed by atoms with Gasteiger partial charge in [0.1, 0.15) is 42.1 Å². The zero-order valence-electron chi connectivity index (χ0n) is 60.5. The van der Waals surface area contributed by atoms with Crippen LogP contribution in [0.4, 0.5) is 0 Å². The maximum absolute atomic E-state index is 9.36. The van der Waals surface area contributed by atoms with Crippen molar-refractivity contribution in [3.63, 3.8) is 0 Å². The van der Waals surface area contributed by atoms with Crippen LogP contribution in [0.15, 0.2) is 310 Å². The summed E-state index contributed by atoms with van der Waals surface area (Å²) in [5, 5.41) is 45.1. The van der Waals surface area contributed by atoms with E-state index in [1.54, 1.807) is 29.7 Å². The Bertz CT molecular complexity index is 6690. The number of rotatable bonds is 6. The summed E-state index contributed by atoms with van der Waals surface area (Å²) >= 11 is 0. The molecule has 0 fully saturated rings. The highest BCUT2D eigenvalue weighted by Crippen LogP contribution is 2.43. The lowest BCUT2D eigenvalue weighted by Crippen LogP contribution is -2.49. The van der Waals surface area contributed by atoms with Crippen LogP contribution in [-0.2, 0) is 0 Å². The van der Waals surface area contributed by atoms with Gasteiger partial charge in [-0.25, -0.2) is 4.98 Å². The number of pyridine rings is 3. The molecule has 9 nitrogen and oxygen atoms in total. The van der Waals surface area contributed by atoms with Crippen LogP contribution in [0.5, 0.6) is 0 Å². The van der Waals surface area contributed by atoms with E-state index in [0.717, 1.165) is 50.8 Å². The monoisotopic (exact) mass is 1430 g/mol. The Hall–Kier alpha value is -13.4. The van der Waals surface area contributed by atoms with Crippen molar-refractivity contribution in [1.29, 1.82) is 15.8 Å². The zero-order valence-corrected chi connectivity index (χ0v) is 63.5. The molecule has 21 rings (SSSR count). The summed E-state index contributed by atoms with van der Waals surface area (Å²) in [6.45, 7) is 14.9. The summed E-state index contributed by atoms with van der Waals surface area (Å²) in [7, 11) is -5.63. The summed E-state index contributed by atoms with van der Waals surface area (Å²) in [5.41, 5.74) is 26.1. The molecule has 0 radical (unpaired) electrons. The molecule has 0 aliphatic carbocycles. The number of benzene rings is 12. The highest BCUT2D eigenvalue weighted by atomic mass is 28.3. The van der Waals surface area contributed by atoms with Gasteiger partial charge in [0.05, 0.1) is 67.4 Å². The van der Waals surface area contributed by atoms with Gasteiger partial charge >= 0.3 is 0 Å². The lowest BCUT2D eigenvalue weighted by molar-refractivity contribution is 1.18. The Morgan fingerprint density at radius 1 is 0.287 bits per heavy atom. The summed E-state index contributed by atoms with van der Waals surface area (Å²) < 4.78 is 7.16. The molecule has 12 heteroatoms.